The van der Waals surface area contributed by atoms with Crippen LogP contribution in [-0.2, 0) is 24.4 Å². The molecule has 1 aliphatic heterocycles. The molecule has 1 saturated heterocycles. The number of piperidine rings is 1. The van der Waals surface area contributed by atoms with Crippen LogP contribution in [0.3, 0.4) is 0 Å². The van der Waals surface area contributed by atoms with Gasteiger partial charge in [0.1, 0.15) is 0 Å². The summed E-state index contributed by atoms with van der Waals surface area (Å²) < 4.78 is 9.56. The van der Waals surface area contributed by atoms with Crippen LogP contribution >= 0.6 is 0 Å². The molecule has 3 aromatic carbocycles. The molecule has 5 aromatic rings. The van der Waals surface area contributed by atoms with Crippen molar-refractivity contribution in [2.45, 2.75) is 32.5 Å². The highest BCUT2D eigenvalue weighted by atomic mass is 16.5. The molecule has 3 heterocycles. The Hall–Kier alpha value is -4.89. The molecular formula is C37H42N6O3. The first kappa shape index (κ1) is 31.1. The lowest BCUT2D eigenvalue weighted by molar-refractivity contribution is 0.0745. The highest BCUT2D eigenvalue weighted by Crippen LogP contribution is 2.33. The molecule has 238 valence electrons. The standard InChI is InChI=1S/C37H42N6O3/c1-40(19-20-46-2)36(44)35-26-41(25-34(35)33-14-8-12-30-11-6-7-13-32(30)33)24-31-22-38-27-43(31)23-29-15-17-42(18-16-29)37(45)39-21-28-9-4-3-5-10-28/h3-14,22,25-27,29H,15-21,23-24H2,1-2H3,(H,39,45). The van der Waals surface area contributed by atoms with Crippen molar-refractivity contribution in [2.75, 3.05) is 40.4 Å². The van der Waals surface area contributed by atoms with E-state index in [1.54, 1.807) is 12.0 Å². The number of aromatic nitrogens is 3. The second kappa shape index (κ2) is 14.5. The molecule has 0 aliphatic carbocycles. The zero-order chi connectivity index (χ0) is 31.9. The first-order chi connectivity index (χ1) is 22.5. The second-order valence-electron chi connectivity index (χ2n) is 12.1. The van der Waals surface area contributed by atoms with Crippen LogP contribution in [-0.4, -0.2) is 76.3 Å². The minimum absolute atomic E-state index is 0.00144. The average molecular weight is 619 g/mol. The minimum Gasteiger partial charge on any atom is -0.383 e. The van der Waals surface area contributed by atoms with Gasteiger partial charge in [0.25, 0.3) is 5.91 Å². The molecule has 9 heteroatoms. The van der Waals surface area contributed by atoms with Crippen molar-refractivity contribution in [2.24, 2.45) is 5.92 Å². The Morgan fingerprint density at radius 2 is 1.72 bits per heavy atom. The molecule has 6 rings (SSSR count). The minimum atomic E-state index is -0.0354. The summed E-state index contributed by atoms with van der Waals surface area (Å²) in [5.74, 6) is 0.417. The number of rotatable bonds is 11. The lowest BCUT2D eigenvalue weighted by Crippen LogP contribution is -2.44. The van der Waals surface area contributed by atoms with Gasteiger partial charge in [-0.05, 0) is 40.7 Å². The van der Waals surface area contributed by atoms with Crippen LogP contribution < -0.4 is 5.32 Å². The summed E-state index contributed by atoms with van der Waals surface area (Å²) in [6, 6.07) is 24.5. The van der Waals surface area contributed by atoms with E-state index in [-0.39, 0.29) is 11.9 Å². The van der Waals surface area contributed by atoms with Gasteiger partial charge in [-0.2, -0.15) is 0 Å². The highest BCUT2D eigenvalue weighted by molar-refractivity contribution is 6.06. The molecular weight excluding hydrogens is 576 g/mol. The first-order valence-electron chi connectivity index (χ1n) is 16.0. The highest BCUT2D eigenvalue weighted by Gasteiger charge is 2.24. The Bertz CT molecular complexity index is 1770. The number of amides is 3. The fourth-order valence-corrected chi connectivity index (χ4v) is 6.29. The maximum Gasteiger partial charge on any atom is 0.317 e. The van der Waals surface area contributed by atoms with Gasteiger partial charge in [0, 0.05) is 71.0 Å². The topological polar surface area (TPSA) is 84.6 Å². The molecule has 2 aromatic heterocycles. The molecule has 46 heavy (non-hydrogen) atoms. The predicted molar refractivity (Wildman–Crippen MR) is 181 cm³/mol. The largest absolute Gasteiger partial charge is 0.383 e. The number of imidazole rings is 1. The number of nitrogens with one attached hydrogen (secondary N) is 1. The maximum absolute atomic E-state index is 13.7. The summed E-state index contributed by atoms with van der Waals surface area (Å²) in [5, 5.41) is 5.30. The van der Waals surface area contributed by atoms with Crippen molar-refractivity contribution in [1.29, 1.82) is 0 Å². The van der Waals surface area contributed by atoms with Crippen molar-refractivity contribution in [3.05, 3.63) is 115 Å². The molecule has 9 nitrogen and oxygen atoms in total. The van der Waals surface area contributed by atoms with Gasteiger partial charge in [0.15, 0.2) is 0 Å². The van der Waals surface area contributed by atoms with Crippen molar-refractivity contribution < 1.29 is 14.3 Å². The Kier molecular flexibility index (Phi) is 9.79. The van der Waals surface area contributed by atoms with Crippen LogP contribution in [0.25, 0.3) is 21.9 Å². The quantitative estimate of drug-likeness (QED) is 0.200. The number of hydrogen-bond acceptors (Lipinski definition) is 4. The number of fused-ring (bicyclic) bond motifs is 1. The third kappa shape index (κ3) is 7.15. The summed E-state index contributed by atoms with van der Waals surface area (Å²) in [6.07, 6.45) is 9.74. The van der Waals surface area contributed by atoms with Crippen molar-refractivity contribution in [1.82, 2.24) is 29.2 Å². The van der Waals surface area contributed by atoms with Gasteiger partial charge in [-0.1, -0.05) is 72.8 Å². The second-order valence-corrected chi connectivity index (χ2v) is 12.1. The maximum atomic E-state index is 13.7. The number of benzene rings is 3. The van der Waals surface area contributed by atoms with Gasteiger partial charge in [-0.15, -0.1) is 0 Å². The zero-order valence-electron chi connectivity index (χ0n) is 26.6. The number of methoxy groups -OCH3 is 1. The number of hydrogen-bond donors (Lipinski definition) is 1. The van der Waals surface area contributed by atoms with Gasteiger partial charge in [-0.3, -0.25) is 4.79 Å². The predicted octanol–water partition coefficient (Wildman–Crippen LogP) is 5.89. The summed E-state index contributed by atoms with van der Waals surface area (Å²) >= 11 is 0. The average Bonchev–Trinajstić information content (AvgIpc) is 3.72. The molecule has 0 unspecified atom stereocenters. The summed E-state index contributed by atoms with van der Waals surface area (Å²) in [5.41, 5.74) is 4.79. The van der Waals surface area contributed by atoms with E-state index in [2.05, 4.69) is 49.9 Å². The molecule has 0 atom stereocenters. The lowest BCUT2D eigenvalue weighted by atomic mass is 9.97. The number of carbonyl (C=O) groups is 2. The molecule has 1 aliphatic rings. The molecule has 0 spiro atoms. The number of carbonyl (C=O) groups excluding carboxylic acids is 2. The monoisotopic (exact) mass is 618 g/mol. The SMILES string of the molecule is COCCN(C)C(=O)c1cn(Cc2cncn2CC2CCN(C(=O)NCc3ccccc3)CC2)cc1-c1cccc2ccccc12. The van der Waals surface area contributed by atoms with Crippen LogP contribution in [0.5, 0.6) is 0 Å². The van der Waals surface area contributed by atoms with E-state index < -0.39 is 0 Å². The molecule has 1 fully saturated rings. The molecule has 0 radical (unpaired) electrons. The van der Waals surface area contributed by atoms with E-state index >= 15 is 0 Å². The number of likely N-dealkylation sites (tertiary alicyclic amines) is 1. The number of urea groups is 1. The third-order valence-electron chi connectivity index (χ3n) is 8.95. The molecule has 3 amide bonds. The molecule has 1 N–H and O–H groups in total. The lowest BCUT2D eigenvalue weighted by Gasteiger charge is -2.32. The third-order valence-corrected chi connectivity index (χ3v) is 8.95. The fourth-order valence-electron chi connectivity index (χ4n) is 6.29. The van der Waals surface area contributed by atoms with Crippen LogP contribution in [0.1, 0.15) is 34.5 Å². The number of likely N-dealkylation sites (N-methyl/N-ethyl adjacent to an activating group) is 1. The normalized spacial score (nSPS) is 13.7. The van der Waals surface area contributed by atoms with E-state index in [4.69, 9.17) is 4.74 Å². The van der Waals surface area contributed by atoms with Crippen LogP contribution in [0, 0.1) is 5.92 Å². The van der Waals surface area contributed by atoms with Crippen LogP contribution in [0.15, 0.2) is 97.7 Å². The van der Waals surface area contributed by atoms with E-state index in [0.717, 1.165) is 65.6 Å². The zero-order valence-corrected chi connectivity index (χ0v) is 26.6. The van der Waals surface area contributed by atoms with E-state index in [1.807, 2.05) is 79.2 Å². The number of ether oxygens (including phenoxy) is 1. The Balaban J connectivity index is 1.15. The van der Waals surface area contributed by atoms with Crippen molar-refractivity contribution >= 4 is 22.7 Å². The van der Waals surface area contributed by atoms with Crippen molar-refractivity contribution in [3.8, 4) is 11.1 Å². The number of nitrogens with zero attached hydrogens (tertiary/aromatic N) is 5. The van der Waals surface area contributed by atoms with Gasteiger partial charge in [0.2, 0.25) is 0 Å². The Morgan fingerprint density at radius 3 is 2.52 bits per heavy atom. The van der Waals surface area contributed by atoms with Gasteiger partial charge < -0.3 is 29.0 Å². The van der Waals surface area contributed by atoms with Crippen LogP contribution in [0.4, 0.5) is 4.79 Å². The van der Waals surface area contributed by atoms with Crippen molar-refractivity contribution in [3.63, 3.8) is 0 Å². The fraction of sp³-hybridized carbons (Fsp3) is 0.324. The van der Waals surface area contributed by atoms with E-state index in [9.17, 15) is 9.59 Å². The van der Waals surface area contributed by atoms with E-state index in [0.29, 0.717) is 37.7 Å². The Morgan fingerprint density at radius 1 is 0.957 bits per heavy atom. The van der Waals surface area contributed by atoms with Gasteiger partial charge in [-0.25, -0.2) is 9.78 Å². The Labute approximate surface area is 270 Å². The van der Waals surface area contributed by atoms with E-state index in [1.165, 1.54) is 0 Å². The molecule has 0 saturated carbocycles. The van der Waals surface area contributed by atoms with Crippen LogP contribution in [0.2, 0.25) is 0 Å². The summed E-state index contributed by atoms with van der Waals surface area (Å²) in [6.45, 7) is 4.44. The smallest absolute Gasteiger partial charge is 0.317 e. The summed E-state index contributed by atoms with van der Waals surface area (Å²) in [4.78, 5) is 34.6. The van der Waals surface area contributed by atoms with Gasteiger partial charge in [0.05, 0.1) is 30.7 Å². The summed E-state index contributed by atoms with van der Waals surface area (Å²) in [7, 11) is 3.46. The first-order valence-corrected chi connectivity index (χ1v) is 16.0. The van der Waals surface area contributed by atoms with Gasteiger partial charge >= 0.3 is 6.03 Å². The molecule has 0 bridgehead atoms.